The van der Waals surface area contributed by atoms with Crippen LogP contribution in [-0.2, 0) is 9.47 Å². The summed E-state index contributed by atoms with van der Waals surface area (Å²) in [4.78, 5) is 0. The molecule has 0 aromatic carbocycles. The van der Waals surface area contributed by atoms with Crippen LogP contribution in [0, 0.1) is 5.92 Å². The van der Waals surface area contributed by atoms with Crippen molar-refractivity contribution in [2.24, 2.45) is 11.7 Å². The first-order valence-corrected chi connectivity index (χ1v) is 5.94. The summed E-state index contributed by atoms with van der Waals surface area (Å²) in [6.07, 6.45) is 4.99. The van der Waals surface area contributed by atoms with Crippen molar-refractivity contribution in [1.29, 1.82) is 0 Å². The SMILES string of the molecule is COC(O)C1C=CC(N)=C(NCC2CCO2)C1. The number of aliphatic hydroxyl groups excluding tert-OH is 1. The summed E-state index contributed by atoms with van der Waals surface area (Å²) in [6, 6.07) is 0. The van der Waals surface area contributed by atoms with Gasteiger partial charge in [0, 0.05) is 38.3 Å². The molecule has 1 aliphatic heterocycles. The zero-order chi connectivity index (χ0) is 12.3. The highest BCUT2D eigenvalue weighted by Gasteiger charge is 2.23. The smallest absolute Gasteiger partial charge is 0.160 e. The van der Waals surface area contributed by atoms with E-state index in [-0.39, 0.29) is 5.92 Å². The van der Waals surface area contributed by atoms with E-state index in [1.165, 1.54) is 7.11 Å². The molecule has 0 aromatic heterocycles. The van der Waals surface area contributed by atoms with Gasteiger partial charge >= 0.3 is 0 Å². The third-order valence-corrected chi connectivity index (χ3v) is 3.26. The molecular formula is C12H20N2O3. The molecule has 1 saturated heterocycles. The molecule has 5 heteroatoms. The van der Waals surface area contributed by atoms with Crippen molar-refractivity contribution in [3.05, 3.63) is 23.5 Å². The summed E-state index contributed by atoms with van der Waals surface area (Å²) in [5, 5.41) is 12.9. The van der Waals surface area contributed by atoms with Crippen LogP contribution in [0.1, 0.15) is 12.8 Å². The van der Waals surface area contributed by atoms with Gasteiger partial charge in [-0.2, -0.15) is 0 Å². The molecule has 0 bridgehead atoms. The monoisotopic (exact) mass is 240 g/mol. The van der Waals surface area contributed by atoms with Crippen molar-refractivity contribution in [3.63, 3.8) is 0 Å². The average molecular weight is 240 g/mol. The van der Waals surface area contributed by atoms with E-state index in [0.717, 1.165) is 31.0 Å². The van der Waals surface area contributed by atoms with Gasteiger partial charge in [-0.3, -0.25) is 0 Å². The molecule has 2 rings (SSSR count). The Hall–Kier alpha value is -1.04. The minimum absolute atomic E-state index is 0.0443. The summed E-state index contributed by atoms with van der Waals surface area (Å²) in [7, 11) is 1.50. The van der Waals surface area contributed by atoms with Crippen LogP contribution in [0.2, 0.25) is 0 Å². The highest BCUT2D eigenvalue weighted by molar-refractivity contribution is 5.27. The lowest BCUT2D eigenvalue weighted by atomic mass is 9.95. The van der Waals surface area contributed by atoms with Crippen LogP contribution in [0.25, 0.3) is 0 Å². The number of rotatable bonds is 5. The molecule has 0 saturated carbocycles. The van der Waals surface area contributed by atoms with E-state index in [1.54, 1.807) is 0 Å². The summed E-state index contributed by atoms with van der Waals surface area (Å²) in [5.41, 5.74) is 7.58. The number of allylic oxidation sites excluding steroid dienone is 2. The van der Waals surface area contributed by atoms with Gasteiger partial charge in [0.25, 0.3) is 0 Å². The van der Waals surface area contributed by atoms with Crippen LogP contribution >= 0.6 is 0 Å². The van der Waals surface area contributed by atoms with Crippen LogP contribution in [0.3, 0.4) is 0 Å². The van der Waals surface area contributed by atoms with E-state index in [9.17, 15) is 5.11 Å². The van der Waals surface area contributed by atoms with E-state index in [2.05, 4.69) is 5.32 Å². The molecule has 4 N–H and O–H groups in total. The minimum atomic E-state index is -0.781. The quantitative estimate of drug-likeness (QED) is 0.593. The van der Waals surface area contributed by atoms with Gasteiger partial charge in [0.2, 0.25) is 0 Å². The fourth-order valence-corrected chi connectivity index (χ4v) is 1.98. The van der Waals surface area contributed by atoms with Gasteiger partial charge in [0.15, 0.2) is 6.29 Å². The van der Waals surface area contributed by atoms with E-state index < -0.39 is 6.29 Å². The number of hydrogen-bond acceptors (Lipinski definition) is 5. The lowest BCUT2D eigenvalue weighted by molar-refractivity contribution is -0.101. The average Bonchev–Trinajstić information content (AvgIpc) is 2.28. The lowest BCUT2D eigenvalue weighted by Crippen LogP contribution is -2.38. The lowest BCUT2D eigenvalue weighted by Gasteiger charge is -2.30. The van der Waals surface area contributed by atoms with Crippen LogP contribution in [0.5, 0.6) is 0 Å². The molecule has 1 heterocycles. The highest BCUT2D eigenvalue weighted by atomic mass is 16.6. The Morgan fingerprint density at radius 3 is 3.06 bits per heavy atom. The number of nitrogens with two attached hydrogens (primary N) is 1. The molecule has 2 aliphatic rings. The molecule has 1 fully saturated rings. The Morgan fingerprint density at radius 2 is 2.47 bits per heavy atom. The first-order valence-electron chi connectivity index (χ1n) is 5.94. The predicted octanol–water partition coefficient (Wildman–Crippen LogP) is 0.0761. The fourth-order valence-electron chi connectivity index (χ4n) is 1.98. The first kappa shape index (κ1) is 12.4. The number of aliphatic hydroxyl groups is 1. The van der Waals surface area contributed by atoms with Gasteiger partial charge in [-0.05, 0) is 12.5 Å². The summed E-state index contributed by atoms with van der Waals surface area (Å²) in [6.45, 7) is 1.63. The second kappa shape index (κ2) is 5.53. The maximum atomic E-state index is 9.63. The van der Waals surface area contributed by atoms with Crippen molar-refractivity contribution < 1.29 is 14.6 Å². The van der Waals surface area contributed by atoms with Gasteiger partial charge in [-0.15, -0.1) is 0 Å². The Balaban J connectivity index is 1.87. The molecule has 0 spiro atoms. The van der Waals surface area contributed by atoms with Crippen LogP contribution < -0.4 is 11.1 Å². The zero-order valence-electron chi connectivity index (χ0n) is 10.1. The Kier molecular flexibility index (Phi) is 4.04. The first-order chi connectivity index (χ1) is 8.20. The van der Waals surface area contributed by atoms with Crippen molar-refractivity contribution in [1.82, 2.24) is 5.32 Å². The molecule has 17 heavy (non-hydrogen) atoms. The minimum Gasteiger partial charge on any atom is -0.397 e. The molecule has 3 atom stereocenters. The Bertz CT molecular complexity index is 324. The second-order valence-electron chi connectivity index (χ2n) is 4.45. The van der Waals surface area contributed by atoms with Crippen LogP contribution in [0.15, 0.2) is 23.5 Å². The summed E-state index contributed by atoms with van der Waals surface area (Å²) < 4.78 is 10.3. The molecule has 0 aromatic rings. The largest absolute Gasteiger partial charge is 0.397 e. The third kappa shape index (κ3) is 3.00. The number of nitrogens with one attached hydrogen (secondary N) is 1. The topological polar surface area (TPSA) is 76.7 Å². The van der Waals surface area contributed by atoms with E-state index >= 15 is 0 Å². The third-order valence-electron chi connectivity index (χ3n) is 3.26. The van der Waals surface area contributed by atoms with E-state index in [1.807, 2.05) is 12.2 Å². The molecule has 5 nitrogen and oxygen atoms in total. The Morgan fingerprint density at radius 1 is 1.71 bits per heavy atom. The molecule has 3 unspecified atom stereocenters. The van der Waals surface area contributed by atoms with Gasteiger partial charge in [-0.25, -0.2) is 0 Å². The number of ether oxygens (including phenoxy) is 2. The molecule has 1 aliphatic carbocycles. The van der Waals surface area contributed by atoms with Crippen LogP contribution in [-0.4, -0.2) is 37.8 Å². The van der Waals surface area contributed by atoms with Crippen LogP contribution in [0.4, 0.5) is 0 Å². The molecular weight excluding hydrogens is 220 g/mol. The van der Waals surface area contributed by atoms with E-state index in [4.69, 9.17) is 15.2 Å². The zero-order valence-corrected chi connectivity index (χ0v) is 10.1. The van der Waals surface area contributed by atoms with Gasteiger partial charge in [0.1, 0.15) is 0 Å². The molecule has 96 valence electrons. The van der Waals surface area contributed by atoms with Gasteiger partial charge in [-0.1, -0.05) is 6.08 Å². The maximum absolute atomic E-state index is 9.63. The number of methoxy groups -OCH3 is 1. The molecule has 0 radical (unpaired) electrons. The van der Waals surface area contributed by atoms with Gasteiger partial charge < -0.3 is 25.6 Å². The standard InChI is InChI=1S/C12H20N2O3/c1-16-12(15)8-2-3-10(13)11(6-8)14-7-9-4-5-17-9/h2-3,8-9,12,14-15H,4-7,13H2,1H3. The van der Waals surface area contributed by atoms with Crippen molar-refractivity contribution in [2.75, 3.05) is 20.3 Å². The van der Waals surface area contributed by atoms with Crippen molar-refractivity contribution in [2.45, 2.75) is 25.2 Å². The van der Waals surface area contributed by atoms with Crippen molar-refractivity contribution >= 4 is 0 Å². The fraction of sp³-hybridized carbons (Fsp3) is 0.667. The number of hydrogen-bond donors (Lipinski definition) is 3. The normalized spacial score (nSPS) is 30.0. The summed E-state index contributed by atoms with van der Waals surface area (Å²) >= 11 is 0. The van der Waals surface area contributed by atoms with Crippen molar-refractivity contribution in [3.8, 4) is 0 Å². The second-order valence-corrected chi connectivity index (χ2v) is 4.45. The summed E-state index contributed by atoms with van der Waals surface area (Å²) in [5.74, 6) is -0.0443. The highest BCUT2D eigenvalue weighted by Crippen LogP contribution is 2.23. The molecule has 0 amide bonds. The maximum Gasteiger partial charge on any atom is 0.160 e. The Labute approximate surface area is 101 Å². The predicted molar refractivity (Wildman–Crippen MR) is 63.8 cm³/mol. The van der Waals surface area contributed by atoms with Gasteiger partial charge in [0.05, 0.1) is 11.8 Å². The van der Waals surface area contributed by atoms with E-state index in [0.29, 0.717) is 12.5 Å².